The van der Waals surface area contributed by atoms with Gasteiger partial charge < -0.3 is 15.0 Å². The summed E-state index contributed by atoms with van der Waals surface area (Å²) < 4.78 is 6.05. The Morgan fingerprint density at radius 3 is 2.71 bits per heavy atom. The molecular weight excluding hydrogens is 264 g/mol. The molecule has 2 amide bonds. The van der Waals surface area contributed by atoms with Crippen LogP contribution in [0, 0.1) is 0 Å². The van der Waals surface area contributed by atoms with Crippen LogP contribution in [-0.2, 0) is 6.42 Å². The number of aryl methyl sites for hydroxylation is 1. The number of amides is 2. The Balaban J connectivity index is 1.82. The Morgan fingerprint density at radius 2 is 2.10 bits per heavy atom. The highest BCUT2D eigenvalue weighted by molar-refractivity contribution is 5.74. The molecule has 0 saturated carbocycles. The number of rotatable bonds is 4. The van der Waals surface area contributed by atoms with Gasteiger partial charge in [0.1, 0.15) is 11.9 Å². The normalized spacial score (nSPS) is 16.1. The van der Waals surface area contributed by atoms with Crippen molar-refractivity contribution in [3.8, 4) is 5.75 Å². The zero-order valence-corrected chi connectivity index (χ0v) is 13.3. The number of piperidine rings is 1. The summed E-state index contributed by atoms with van der Waals surface area (Å²) in [5.74, 6) is 0.944. The van der Waals surface area contributed by atoms with E-state index in [-0.39, 0.29) is 18.2 Å². The molecule has 1 aliphatic heterocycles. The molecule has 0 spiro atoms. The first-order valence-corrected chi connectivity index (χ1v) is 7.89. The van der Waals surface area contributed by atoms with Crippen LogP contribution in [0.15, 0.2) is 24.3 Å². The fraction of sp³-hybridized carbons (Fsp3) is 0.588. The van der Waals surface area contributed by atoms with Gasteiger partial charge in [-0.15, -0.1) is 0 Å². The highest BCUT2D eigenvalue weighted by Crippen LogP contribution is 2.20. The van der Waals surface area contributed by atoms with Crippen molar-refractivity contribution in [2.45, 2.75) is 52.2 Å². The Morgan fingerprint density at radius 1 is 1.38 bits per heavy atom. The van der Waals surface area contributed by atoms with Gasteiger partial charge in [0.05, 0.1) is 0 Å². The van der Waals surface area contributed by atoms with Crippen molar-refractivity contribution >= 4 is 6.03 Å². The van der Waals surface area contributed by atoms with Crippen molar-refractivity contribution in [3.05, 3.63) is 29.8 Å². The van der Waals surface area contributed by atoms with Gasteiger partial charge in [0, 0.05) is 32.0 Å². The van der Waals surface area contributed by atoms with Gasteiger partial charge >= 0.3 is 6.03 Å². The fourth-order valence-corrected chi connectivity index (χ4v) is 2.55. The fourth-order valence-electron chi connectivity index (χ4n) is 2.55. The maximum atomic E-state index is 11.9. The standard InChI is InChI=1S/C17H26N2O2/c1-4-14-6-5-7-16(12-14)21-15-8-10-19(11-9-15)17(20)18-13(2)3/h5-7,12-13,15H,4,8-11H2,1-3H3,(H,18,20). The lowest BCUT2D eigenvalue weighted by atomic mass is 10.1. The zero-order chi connectivity index (χ0) is 15.2. The molecule has 4 heteroatoms. The summed E-state index contributed by atoms with van der Waals surface area (Å²) in [5.41, 5.74) is 1.29. The molecule has 1 fully saturated rings. The molecular formula is C17H26N2O2. The van der Waals surface area contributed by atoms with E-state index < -0.39 is 0 Å². The van der Waals surface area contributed by atoms with E-state index in [9.17, 15) is 4.79 Å². The van der Waals surface area contributed by atoms with Crippen LogP contribution in [0.2, 0.25) is 0 Å². The third kappa shape index (κ3) is 4.66. The summed E-state index contributed by atoms with van der Waals surface area (Å²) in [7, 11) is 0. The largest absolute Gasteiger partial charge is 0.490 e. The van der Waals surface area contributed by atoms with Crippen LogP contribution in [0.25, 0.3) is 0 Å². The number of ether oxygens (including phenoxy) is 1. The van der Waals surface area contributed by atoms with Crippen LogP contribution in [-0.4, -0.2) is 36.2 Å². The van der Waals surface area contributed by atoms with E-state index in [1.165, 1.54) is 5.56 Å². The predicted molar refractivity (Wildman–Crippen MR) is 84.7 cm³/mol. The van der Waals surface area contributed by atoms with Gasteiger partial charge in [0.15, 0.2) is 0 Å². The molecule has 0 aromatic heterocycles. The molecule has 0 radical (unpaired) electrons. The number of nitrogens with one attached hydrogen (secondary N) is 1. The number of hydrogen-bond acceptors (Lipinski definition) is 2. The van der Waals surface area contributed by atoms with Crippen molar-refractivity contribution in [2.75, 3.05) is 13.1 Å². The average Bonchev–Trinajstić information content (AvgIpc) is 2.47. The molecule has 21 heavy (non-hydrogen) atoms. The minimum atomic E-state index is 0.0384. The van der Waals surface area contributed by atoms with Gasteiger partial charge in [-0.05, 0) is 38.0 Å². The molecule has 1 N–H and O–H groups in total. The summed E-state index contributed by atoms with van der Waals surface area (Å²) in [5, 5.41) is 2.94. The maximum Gasteiger partial charge on any atom is 0.317 e. The lowest BCUT2D eigenvalue weighted by Gasteiger charge is -2.32. The molecule has 1 aliphatic rings. The molecule has 0 unspecified atom stereocenters. The van der Waals surface area contributed by atoms with Crippen molar-refractivity contribution in [2.24, 2.45) is 0 Å². The average molecular weight is 290 g/mol. The van der Waals surface area contributed by atoms with E-state index in [2.05, 4.69) is 24.4 Å². The minimum absolute atomic E-state index is 0.0384. The maximum absolute atomic E-state index is 11.9. The van der Waals surface area contributed by atoms with E-state index in [4.69, 9.17) is 4.74 Å². The number of carbonyl (C=O) groups excluding carboxylic acids is 1. The second kappa shape index (κ2) is 7.34. The first-order chi connectivity index (χ1) is 10.1. The van der Waals surface area contributed by atoms with E-state index in [0.29, 0.717) is 0 Å². The zero-order valence-electron chi connectivity index (χ0n) is 13.3. The molecule has 1 aromatic carbocycles. The summed E-state index contributed by atoms with van der Waals surface area (Å²) in [4.78, 5) is 13.8. The monoisotopic (exact) mass is 290 g/mol. The third-order valence-electron chi connectivity index (χ3n) is 3.75. The Bertz CT molecular complexity index is 466. The topological polar surface area (TPSA) is 41.6 Å². The molecule has 1 aromatic rings. The second-order valence-corrected chi connectivity index (χ2v) is 5.91. The molecule has 116 valence electrons. The van der Waals surface area contributed by atoms with Crippen LogP contribution in [0.1, 0.15) is 39.2 Å². The molecule has 0 aliphatic carbocycles. The molecule has 4 nitrogen and oxygen atoms in total. The molecule has 2 rings (SSSR count). The van der Waals surface area contributed by atoms with Gasteiger partial charge in [0.25, 0.3) is 0 Å². The van der Waals surface area contributed by atoms with E-state index in [0.717, 1.165) is 38.1 Å². The van der Waals surface area contributed by atoms with Crippen molar-refractivity contribution in [3.63, 3.8) is 0 Å². The van der Waals surface area contributed by atoms with Crippen LogP contribution >= 0.6 is 0 Å². The predicted octanol–water partition coefficient (Wildman–Crippen LogP) is 3.21. The smallest absolute Gasteiger partial charge is 0.317 e. The lowest BCUT2D eigenvalue weighted by Crippen LogP contribution is -2.48. The quantitative estimate of drug-likeness (QED) is 0.925. The van der Waals surface area contributed by atoms with Crippen molar-refractivity contribution in [1.82, 2.24) is 10.2 Å². The SMILES string of the molecule is CCc1cccc(OC2CCN(C(=O)NC(C)C)CC2)c1. The number of benzene rings is 1. The van der Waals surface area contributed by atoms with E-state index in [1.807, 2.05) is 30.9 Å². The Labute approximate surface area is 127 Å². The molecule has 1 heterocycles. The van der Waals surface area contributed by atoms with Crippen LogP contribution in [0.3, 0.4) is 0 Å². The first kappa shape index (κ1) is 15.7. The van der Waals surface area contributed by atoms with Crippen LogP contribution in [0.4, 0.5) is 4.79 Å². The number of urea groups is 1. The summed E-state index contributed by atoms with van der Waals surface area (Å²) in [6.07, 6.45) is 3.01. The molecule has 0 atom stereocenters. The highest BCUT2D eigenvalue weighted by atomic mass is 16.5. The summed E-state index contributed by atoms with van der Waals surface area (Å²) in [6.45, 7) is 7.63. The van der Waals surface area contributed by atoms with Crippen LogP contribution < -0.4 is 10.1 Å². The van der Waals surface area contributed by atoms with E-state index in [1.54, 1.807) is 0 Å². The third-order valence-corrected chi connectivity index (χ3v) is 3.75. The number of likely N-dealkylation sites (tertiary alicyclic amines) is 1. The van der Waals surface area contributed by atoms with Gasteiger partial charge in [-0.3, -0.25) is 0 Å². The second-order valence-electron chi connectivity index (χ2n) is 5.91. The number of hydrogen-bond donors (Lipinski definition) is 1. The van der Waals surface area contributed by atoms with Crippen molar-refractivity contribution < 1.29 is 9.53 Å². The summed E-state index contributed by atoms with van der Waals surface area (Å²) >= 11 is 0. The summed E-state index contributed by atoms with van der Waals surface area (Å²) in [6, 6.07) is 8.50. The van der Waals surface area contributed by atoms with Crippen molar-refractivity contribution in [1.29, 1.82) is 0 Å². The Hall–Kier alpha value is -1.71. The lowest BCUT2D eigenvalue weighted by molar-refractivity contribution is 0.110. The Kier molecular flexibility index (Phi) is 5.48. The van der Waals surface area contributed by atoms with Gasteiger partial charge in [-0.1, -0.05) is 19.1 Å². The van der Waals surface area contributed by atoms with Crippen LogP contribution in [0.5, 0.6) is 5.75 Å². The number of carbonyl (C=O) groups is 1. The van der Waals surface area contributed by atoms with E-state index >= 15 is 0 Å². The highest BCUT2D eigenvalue weighted by Gasteiger charge is 2.24. The van der Waals surface area contributed by atoms with Gasteiger partial charge in [-0.2, -0.15) is 0 Å². The van der Waals surface area contributed by atoms with Gasteiger partial charge in [-0.25, -0.2) is 4.79 Å². The first-order valence-electron chi connectivity index (χ1n) is 7.89. The van der Waals surface area contributed by atoms with Gasteiger partial charge in [0.2, 0.25) is 0 Å². The molecule has 1 saturated heterocycles. The molecule has 0 bridgehead atoms. The number of nitrogens with zero attached hydrogens (tertiary/aromatic N) is 1. The minimum Gasteiger partial charge on any atom is -0.490 e.